The first-order chi connectivity index (χ1) is 7.67. The monoisotopic (exact) mass is 242 g/mol. The minimum atomic E-state index is -0.645. The molecular formula is C10H11FN2O2S. The van der Waals surface area contributed by atoms with Crippen LogP contribution in [-0.2, 0) is 4.84 Å². The Morgan fingerprint density at radius 1 is 1.44 bits per heavy atom. The predicted octanol–water partition coefficient (Wildman–Crippen LogP) is 2.21. The van der Waals surface area contributed by atoms with Crippen LogP contribution in [0.1, 0.15) is 5.56 Å². The van der Waals surface area contributed by atoms with Gasteiger partial charge in [0, 0.05) is 12.6 Å². The lowest BCUT2D eigenvalue weighted by Gasteiger charge is -2.02. The van der Waals surface area contributed by atoms with Crippen LogP contribution in [0.3, 0.4) is 0 Å². The van der Waals surface area contributed by atoms with Crippen LogP contribution >= 0.6 is 11.8 Å². The van der Waals surface area contributed by atoms with E-state index in [2.05, 4.69) is 15.3 Å². The fourth-order valence-electron chi connectivity index (χ4n) is 0.929. The van der Waals surface area contributed by atoms with Crippen LogP contribution in [0.15, 0.2) is 29.4 Å². The van der Waals surface area contributed by atoms with Gasteiger partial charge in [0.2, 0.25) is 0 Å². The standard InChI is InChI=1S/C10H11FN2O2S/c1-12-10(14)15-13-9(16-2)7-3-5-8(11)6-4-7/h3-6H,1-2H3,(H,12,14)/b13-9-. The first-order valence-electron chi connectivity index (χ1n) is 4.44. The number of hydrogen-bond donors (Lipinski definition) is 1. The highest BCUT2D eigenvalue weighted by Gasteiger charge is 2.04. The molecule has 0 aromatic heterocycles. The molecule has 0 aliphatic carbocycles. The summed E-state index contributed by atoms with van der Waals surface area (Å²) in [6.07, 6.45) is 1.14. The van der Waals surface area contributed by atoms with Gasteiger partial charge in [-0.1, -0.05) is 5.16 Å². The van der Waals surface area contributed by atoms with Gasteiger partial charge in [0.25, 0.3) is 0 Å². The summed E-state index contributed by atoms with van der Waals surface area (Å²) in [4.78, 5) is 15.4. The SMILES string of the molecule is CNC(=O)O/N=C(\SC)c1ccc(F)cc1. The number of carbonyl (C=O) groups excluding carboxylic acids is 1. The van der Waals surface area contributed by atoms with Gasteiger partial charge in [-0.05, 0) is 30.5 Å². The lowest BCUT2D eigenvalue weighted by Crippen LogP contribution is -2.17. The van der Waals surface area contributed by atoms with Crippen LogP contribution in [0.25, 0.3) is 0 Å². The van der Waals surface area contributed by atoms with Gasteiger partial charge in [-0.15, -0.1) is 11.8 Å². The quantitative estimate of drug-likeness (QED) is 0.374. The van der Waals surface area contributed by atoms with E-state index in [1.54, 1.807) is 18.4 Å². The Balaban J connectivity index is 2.81. The average molecular weight is 242 g/mol. The van der Waals surface area contributed by atoms with Gasteiger partial charge in [0.15, 0.2) is 0 Å². The van der Waals surface area contributed by atoms with Crippen LogP contribution in [0.5, 0.6) is 0 Å². The number of halogens is 1. The van der Waals surface area contributed by atoms with Gasteiger partial charge < -0.3 is 5.32 Å². The van der Waals surface area contributed by atoms with Crippen molar-refractivity contribution in [1.29, 1.82) is 0 Å². The molecule has 4 nitrogen and oxygen atoms in total. The Bertz CT molecular complexity index is 392. The second-order valence-electron chi connectivity index (χ2n) is 2.74. The molecular weight excluding hydrogens is 231 g/mol. The van der Waals surface area contributed by atoms with E-state index in [-0.39, 0.29) is 5.82 Å². The molecule has 0 bridgehead atoms. The van der Waals surface area contributed by atoms with Gasteiger partial charge in [-0.2, -0.15) is 0 Å². The highest BCUT2D eigenvalue weighted by molar-refractivity contribution is 8.13. The summed E-state index contributed by atoms with van der Waals surface area (Å²) in [6, 6.07) is 5.78. The maximum Gasteiger partial charge on any atom is 0.433 e. The summed E-state index contributed by atoms with van der Waals surface area (Å²) < 4.78 is 12.7. The molecule has 0 atom stereocenters. The van der Waals surface area contributed by atoms with Crippen molar-refractivity contribution in [3.63, 3.8) is 0 Å². The first kappa shape index (κ1) is 12.5. The largest absolute Gasteiger partial charge is 0.433 e. The fraction of sp³-hybridized carbons (Fsp3) is 0.200. The minimum Gasteiger partial charge on any atom is -0.323 e. The fourth-order valence-corrected chi connectivity index (χ4v) is 1.41. The lowest BCUT2D eigenvalue weighted by atomic mass is 10.2. The summed E-state index contributed by atoms with van der Waals surface area (Å²) in [7, 11) is 1.44. The number of oxime groups is 1. The number of benzene rings is 1. The Morgan fingerprint density at radius 2 is 2.06 bits per heavy atom. The smallest absolute Gasteiger partial charge is 0.323 e. The van der Waals surface area contributed by atoms with E-state index in [1.165, 1.54) is 30.9 Å². The zero-order valence-corrected chi connectivity index (χ0v) is 9.68. The Labute approximate surface area is 96.9 Å². The third-order valence-corrected chi connectivity index (χ3v) is 2.40. The Kier molecular flexibility index (Phi) is 4.78. The average Bonchev–Trinajstić information content (AvgIpc) is 2.31. The van der Waals surface area contributed by atoms with E-state index in [4.69, 9.17) is 0 Å². The van der Waals surface area contributed by atoms with Crippen molar-refractivity contribution < 1.29 is 14.0 Å². The highest BCUT2D eigenvalue weighted by atomic mass is 32.2. The molecule has 1 N–H and O–H groups in total. The molecule has 0 aliphatic rings. The number of carbonyl (C=O) groups is 1. The molecule has 0 fully saturated rings. The molecule has 1 amide bonds. The molecule has 1 aromatic carbocycles. The predicted molar refractivity (Wildman–Crippen MR) is 62.0 cm³/mol. The van der Waals surface area contributed by atoms with Crippen molar-refractivity contribution >= 4 is 22.9 Å². The van der Waals surface area contributed by atoms with E-state index in [1.807, 2.05) is 0 Å². The molecule has 16 heavy (non-hydrogen) atoms. The van der Waals surface area contributed by atoms with E-state index in [0.29, 0.717) is 10.6 Å². The second kappa shape index (κ2) is 6.12. The second-order valence-corrected chi connectivity index (χ2v) is 3.53. The van der Waals surface area contributed by atoms with Crippen molar-refractivity contribution in [2.75, 3.05) is 13.3 Å². The first-order valence-corrected chi connectivity index (χ1v) is 5.66. The lowest BCUT2D eigenvalue weighted by molar-refractivity contribution is 0.153. The molecule has 6 heteroatoms. The number of amides is 1. The molecule has 1 aromatic rings. The van der Waals surface area contributed by atoms with E-state index in [0.717, 1.165) is 0 Å². The van der Waals surface area contributed by atoms with E-state index in [9.17, 15) is 9.18 Å². The van der Waals surface area contributed by atoms with Gasteiger partial charge in [0.1, 0.15) is 10.9 Å². The Hall–Kier alpha value is -1.56. The highest BCUT2D eigenvalue weighted by Crippen LogP contribution is 2.12. The molecule has 0 spiro atoms. The molecule has 0 aliphatic heterocycles. The summed E-state index contributed by atoms with van der Waals surface area (Å²) in [5.41, 5.74) is 0.692. The van der Waals surface area contributed by atoms with Crippen LogP contribution in [0.4, 0.5) is 9.18 Å². The zero-order valence-electron chi connectivity index (χ0n) is 8.86. The molecule has 0 unspecified atom stereocenters. The molecule has 0 saturated carbocycles. The van der Waals surface area contributed by atoms with Crippen molar-refractivity contribution in [3.8, 4) is 0 Å². The van der Waals surface area contributed by atoms with Crippen LogP contribution in [0.2, 0.25) is 0 Å². The van der Waals surface area contributed by atoms with Crippen molar-refractivity contribution in [2.24, 2.45) is 5.16 Å². The van der Waals surface area contributed by atoms with Crippen molar-refractivity contribution in [2.45, 2.75) is 0 Å². The Morgan fingerprint density at radius 3 is 2.56 bits per heavy atom. The minimum absolute atomic E-state index is 0.323. The summed E-state index contributed by atoms with van der Waals surface area (Å²) in [5.74, 6) is -0.323. The molecule has 1 rings (SSSR count). The van der Waals surface area contributed by atoms with Gasteiger partial charge in [-0.25, -0.2) is 9.18 Å². The number of thioether (sulfide) groups is 1. The number of nitrogens with one attached hydrogen (secondary N) is 1. The third-order valence-electron chi connectivity index (χ3n) is 1.70. The zero-order chi connectivity index (χ0) is 12.0. The topological polar surface area (TPSA) is 50.7 Å². The summed E-state index contributed by atoms with van der Waals surface area (Å²) in [6.45, 7) is 0. The third kappa shape index (κ3) is 3.54. The number of nitrogens with zero attached hydrogens (tertiary/aromatic N) is 1. The van der Waals surface area contributed by atoms with Gasteiger partial charge in [0.05, 0.1) is 0 Å². The molecule has 0 heterocycles. The van der Waals surface area contributed by atoms with Gasteiger partial charge >= 0.3 is 6.09 Å². The molecule has 0 saturated heterocycles. The normalized spacial score (nSPS) is 11.1. The van der Waals surface area contributed by atoms with Crippen LogP contribution < -0.4 is 5.32 Å². The summed E-state index contributed by atoms with van der Waals surface area (Å²) in [5, 5.41) is 6.43. The number of rotatable bonds is 2. The van der Waals surface area contributed by atoms with Crippen LogP contribution in [0, 0.1) is 5.82 Å². The van der Waals surface area contributed by atoms with E-state index < -0.39 is 6.09 Å². The number of hydrogen-bond acceptors (Lipinski definition) is 4. The maximum absolute atomic E-state index is 12.7. The van der Waals surface area contributed by atoms with Crippen molar-refractivity contribution in [1.82, 2.24) is 5.32 Å². The van der Waals surface area contributed by atoms with Gasteiger partial charge in [-0.3, -0.25) is 4.84 Å². The molecule has 86 valence electrons. The van der Waals surface area contributed by atoms with Crippen LogP contribution in [-0.4, -0.2) is 24.4 Å². The van der Waals surface area contributed by atoms with E-state index >= 15 is 0 Å². The van der Waals surface area contributed by atoms with Crippen molar-refractivity contribution in [3.05, 3.63) is 35.6 Å². The summed E-state index contributed by atoms with van der Waals surface area (Å²) >= 11 is 1.30. The maximum atomic E-state index is 12.7. The molecule has 0 radical (unpaired) electrons.